The third kappa shape index (κ3) is 4.70. The van der Waals surface area contributed by atoms with Gasteiger partial charge < -0.3 is 9.88 Å². The maximum absolute atomic E-state index is 12.8. The lowest BCUT2D eigenvalue weighted by molar-refractivity contribution is 0.0938. The maximum atomic E-state index is 12.8. The van der Waals surface area contributed by atoms with Gasteiger partial charge >= 0.3 is 0 Å². The second-order valence-electron chi connectivity index (χ2n) is 7.57. The first-order valence-electron chi connectivity index (χ1n) is 10.1. The predicted molar refractivity (Wildman–Crippen MR) is 113 cm³/mol. The summed E-state index contributed by atoms with van der Waals surface area (Å²) in [7, 11) is 0. The Kier molecular flexibility index (Phi) is 6.53. The van der Waals surface area contributed by atoms with E-state index in [9.17, 15) is 4.79 Å². The molecule has 0 aromatic carbocycles. The molecule has 2 aromatic heterocycles. The van der Waals surface area contributed by atoms with E-state index in [4.69, 9.17) is 0 Å². The van der Waals surface area contributed by atoms with Crippen molar-refractivity contribution in [1.82, 2.24) is 14.9 Å². The number of aryl methyl sites for hydroxylation is 1. The van der Waals surface area contributed by atoms with Gasteiger partial charge in [0.05, 0.1) is 22.0 Å². The van der Waals surface area contributed by atoms with Crippen molar-refractivity contribution in [1.29, 1.82) is 0 Å². The number of hydrogen-bond acceptors (Lipinski definition) is 3. The van der Waals surface area contributed by atoms with Gasteiger partial charge in [0.15, 0.2) is 0 Å². The Morgan fingerprint density at radius 1 is 1.37 bits per heavy atom. The molecule has 4 nitrogen and oxygen atoms in total. The van der Waals surface area contributed by atoms with E-state index in [1.165, 1.54) is 25.7 Å². The van der Waals surface area contributed by atoms with Crippen LogP contribution >= 0.6 is 11.3 Å². The Morgan fingerprint density at radius 3 is 2.81 bits per heavy atom. The number of amides is 1. The molecule has 3 rings (SSSR count). The smallest absolute Gasteiger partial charge is 0.253 e. The number of nitrogens with one attached hydrogen (secondary N) is 1. The lowest BCUT2D eigenvalue weighted by Crippen LogP contribution is -2.32. The minimum atomic E-state index is 0.0192. The van der Waals surface area contributed by atoms with E-state index in [1.54, 1.807) is 16.9 Å². The zero-order valence-corrected chi connectivity index (χ0v) is 17.8. The first kappa shape index (κ1) is 19.9. The maximum Gasteiger partial charge on any atom is 0.253 e. The molecule has 0 radical (unpaired) electrons. The molecule has 146 valence electrons. The molecular weight excluding hydrogens is 354 g/mol. The standard InChI is InChI=1S/C22H31N3OS/c1-5-15(2)23-22(26)19-13-21(20-14-27-17(4)24-20)25(16(19)3)12-11-18-9-7-6-8-10-18/h9,13-15H,5-8,10-12H2,1-4H3,(H,23,26). The molecule has 1 aliphatic rings. The Balaban J connectivity index is 1.91. The second-order valence-corrected chi connectivity index (χ2v) is 8.64. The van der Waals surface area contributed by atoms with Crippen molar-refractivity contribution in [2.75, 3.05) is 0 Å². The van der Waals surface area contributed by atoms with Crippen LogP contribution in [-0.2, 0) is 6.54 Å². The van der Waals surface area contributed by atoms with Crippen LogP contribution in [0.3, 0.4) is 0 Å². The number of allylic oxidation sites excluding steroid dienone is 2. The summed E-state index contributed by atoms with van der Waals surface area (Å²) in [5.74, 6) is 0.0192. The monoisotopic (exact) mass is 385 g/mol. The summed E-state index contributed by atoms with van der Waals surface area (Å²) >= 11 is 1.66. The van der Waals surface area contributed by atoms with E-state index >= 15 is 0 Å². The molecule has 0 saturated heterocycles. The Bertz CT molecular complexity index is 831. The first-order valence-corrected chi connectivity index (χ1v) is 11.0. The van der Waals surface area contributed by atoms with Crippen molar-refractivity contribution < 1.29 is 4.79 Å². The zero-order valence-electron chi connectivity index (χ0n) is 17.0. The lowest BCUT2D eigenvalue weighted by atomic mass is 9.97. The second kappa shape index (κ2) is 8.87. The molecule has 0 fully saturated rings. The van der Waals surface area contributed by atoms with Gasteiger partial charge in [-0.15, -0.1) is 11.3 Å². The minimum Gasteiger partial charge on any atom is -0.350 e. The molecule has 0 bridgehead atoms. The molecule has 1 N–H and O–H groups in total. The van der Waals surface area contributed by atoms with Gasteiger partial charge in [-0.25, -0.2) is 4.98 Å². The predicted octanol–water partition coefficient (Wildman–Crippen LogP) is 5.65. The van der Waals surface area contributed by atoms with Crippen LogP contribution in [0.2, 0.25) is 0 Å². The minimum absolute atomic E-state index is 0.0192. The van der Waals surface area contributed by atoms with Crippen molar-refractivity contribution in [3.8, 4) is 11.4 Å². The van der Waals surface area contributed by atoms with E-state index in [0.717, 1.165) is 47.0 Å². The van der Waals surface area contributed by atoms with Crippen molar-refractivity contribution >= 4 is 17.2 Å². The normalized spacial score (nSPS) is 15.5. The molecule has 1 atom stereocenters. The van der Waals surface area contributed by atoms with Gasteiger partial charge in [-0.3, -0.25) is 4.79 Å². The summed E-state index contributed by atoms with van der Waals surface area (Å²) in [5.41, 5.74) is 5.39. The fourth-order valence-corrected chi connectivity index (χ4v) is 4.25. The molecule has 0 aliphatic heterocycles. The van der Waals surface area contributed by atoms with Crippen molar-refractivity contribution in [3.05, 3.63) is 39.4 Å². The van der Waals surface area contributed by atoms with E-state index in [1.807, 2.05) is 19.9 Å². The quantitative estimate of drug-likeness (QED) is 0.626. The Labute approximate surface area is 166 Å². The fraction of sp³-hybridized carbons (Fsp3) is 0.545. The van der Waals surface area contributed by atoms with Gasteiger partial charge in [0.2, 0.25) is 0 Å². The van der Waals surface area contributed by atoms with Crippen LogP contribution in [0.5, 0.6) is 0 Å². The van der Waals surface area contributed by atoms with Crippen LogP contribution in [0, 0.1) is 13.8 Å². The van der Waals surface area contributed by atoms with E-state index in [-0.39, 0.29) is 11.9 Å². The molecule has 1 unspecified atom stereocenters. The van der Waals surface area contributed by atoms with E-state index < -0.39 is 0 Å². The van der Waals surface area contributed by atoms with Gasteiger partial charge in [0.25, 0.3) is 5.91 Å². The highest BCUT2D eigenvalue weighted by molar-refractivity contribution is 7.09. The summed E-state index contributed by atoms with van der Waals surface area (Å²) in [6, 6.07) is 2.20. The topological polar surface area (TPSA) is 46.9 Å². The van der Waals surface area contributed by atoms with Crippen molar-refractivity contribution in [3.63, 3.8) is 0 Å². The van der Waals surface area contributed by atoms with Gasteiger partial charge in [-0.1, -0.05) is 18.6 Å². The summed E-state index contributed by atoms with van der Waals surface area (Å²) in [6.45, 7) is 9.12. The molecule has 2 aromatic rings. The Morgan fingerprint density at radius 2 is 2.19 bits per heavy atom. The van der Waals surface area contributed by atoms with Gasteiger partial charge in [0, 0.05) is 23.7 Å². The summed E-state index contributed by atoms with van der Waals surface area (Å²) in [4.78, 5) is 17.5. The Hall–Kier alpha value is -1.88. The van der Waals surface area contributed by atoms with Crippen LogP contribution in [0.1, 0.15) is 73.4 Å². The summed E-state index contributed by atoms with van der Waals surface area (Å²) in [6.07, 6.45) is 9.43. The largest absolute Gasteiger partial charge is 0.350 e. The lowest BCUT2D eigenvalue weighted by Gasteiger charge is -2.16. The van der Waals surface area contributed by atoms with Crippen LogP contribution < -0.4 is 5.32 Å². The zero-order chi connectivity index (χ0) is 19.4. The molecule has 2 heterocycles. The first-order chi connectivity index (χ1) is 13.0. The number of carbonyl (C=O) groups is 1. The summed E-state index contributed by atoms with van der Waals surface area (Å²) < 4.78 is 2.29. The third-order valence-electron chi connectivity index (χ3n) is 5.52. The molecule has 1 aliphatic carbocycles. The number of thiazole rings is 1. The average molecular weight is 386 g/mol. The van der Waals surface area contributed by atoms with Crippen LogP contribution in [-0.4, -0.2) is 21.5 Å². The molecule has 27 heavy (non-hydrogen) atoms. The number of aromatic nitrogens is 2. The fourth-order valence-electron chi connectivity index (χ4n) is 3.65. The van der Waals surface area contributed by atoms with Crippen LogP contribution in [0.4, 0.5) is 0 Å². The molecule has 0 saturated carbocycles. The number of carbonyl (C=O) groups excluding carboxylic acids is 1. The van der Waals surface area contributed by atoms with Crippen molar-refractivity contribution in [2.45, 2.75) is 78.8 Å². The number of hydrogen-bond donors (Lipinski definition) is 1. The van der Waals surface area contributed by atoms with Gasteiger partial charge in [-0.05, 0) is 65.4 Å². The highest BCUT2D eigenvalue weighted by Gasteiger charge is 2.21. The van der Waals surface area contributed by atoms with E-state index in [2.05, 4.69) is 40.2 Å². The number of nitrogens with zero attached hydrogens (tertiary/aromatic N) is 2. The summed E-state index contributed by atoms with van der Waals surface area (Å²) in [5, 5.41) is 6.25. The molecule has 5 heteroatoms. The number of rotatable bonds is 7. The molecule has 1 amide bonds. The molecule has 0 spiro atoms. The highest BCUT2D eigenvalue weighted by atomic mass is 32.1. The highest BCUT2D eigenvalue weighted by Crippen LogP contribution is 2.29. The van der Waals surface area contributed by atoms with Gasteiger partial charge in [0.1, 0.15) is 0 Å². The van der Waals surface area contributed by atoms with Gasteiger partial charge in [-0.2, -0.15) is 0 Å². The SMILES string of the molecule is CCC(C)NC(=O)c1cc(-c2csc(C)n2)n(CCC2=CCCCC2)c1C. The van der Waals surface area contributed by atoms with Crippen LogP contribution in [0.25, 0.3) is 11.4 Å². The van der Waals surface area contributed by atoms with E-state index in [0.29, 0.717) is 0 Å². The third-order valence-corrected chi connectivity index (χ3v) is 6.30. The van der Waals surface area contributed by atoms with Crippen molar-refractivity contribution in [2.24, 2.45) is 0 Å². The average Bonchev–Trinajstić information content (AvgIpc) is 3.24. The molecular formula is C22H31N3OS. The van der Waals surface area contributed by atoms with Crippen LogP contribution in [0.15, 0.2) is 23.1 Å².